The fourth-order valence-corrected chi connectivity index (χ4v) is 2.68. The first-order valence-electron chi connectivity index (χ1n) is 7.06. The number of carboxylic acids is 1. The van der Waals surface area contributed by atoms with Crippen LogP contribution in [0.25, 0.3) is 0 Å². The number of unbranched alkanes of at least 4 members (excludes halogenated alkanes) is 1. The number of hydrogen-bond donors (Lipinski definition) is 1. The molecular weight excluding hydrogens is 246 g/mol. The fraction of sp³-hybridized carbons (Fsp3) is 0.857. The summed E-state index contributed by atoms with van der Waals surface area (Å²) in [6.07, 6.45) is 2.71. The van der Waals surface area contributed by atoms with E-state index in [1.807, 2.05) is 27.7 Å². The van der Waals surface area contributed by atoms with Gasteiger partial charge in [0.1, 0.15) is 5.60 Å². The van der Waals surface area contributed by atoms with E-state index in [-0.39, 0.29) is 10.6 Å². The first kappa shape index (κ1) is 16.0. The van der Waals surface area contributed by atoms with Gasteiger partial charge < -0.3 is 9.84 Å². The van der Waals surface area contributed by atoms with Crippen molar-refractivity contribution in [3.05, 3.63) is 0 Å². The number of likely N-dealkylation sites (tertiary alicyclic amines) is 1. The van der Waals surface area contributed by atoms with E-state index in [1.54, 1.807) is 0 Å². The van der Waals surface area contributed by atoms with Crippen molar-refractivity contribution in [1.82, 2.24) is 0 Å². The van der Waals surface area contributed by atoms with Gasteiger partial charge in [-0.2, -0.15) is 4.79 Å². The average Bonchev–Trinajstić information content (AvgIpc) is 2.69. The van der Waals surface area contributed by atoms with Crippen molar-refractivity contribution in [2.45, 2.75) is 65.0 Å². The number of aliphatic carboxylic acids is 1. The predicted molar refractivity (Wildman–Crippen MR) is 71.8 cm³/mol. The second-order valence-corrected chi connectivity index (χ2v) is 6.31. The Morgan fingerprint density at radius 2 is 2.00 bits per heavy atom. The van der Waals surface area contributed by atoms with Gasteiger partial charge in [-0.05, 0) is 27.2 Å². The molecule has 0 aromatic heterocycles. The van der Waals surface area contributed by atoms with E-state index >= 15 is 0 Å². The highest BCUT2D eigenvalue weighted by molar-refractivity contribution is 5.75. The van der Waals surface area contributed by atoms with Crippen LogP contribution in [0, 0.1) is 0 Å². The zero-order valence-corrected chi connectivity index (χ0v) is 12.4. The van der Waals surface area contributed by atoms with Crippen LogP contribution in [0.3, 0.4) is 0 Å². The molecule has 1 aliphatic rings. The van der Waals surface area contributed by atoms with Crippen molar-refractivity contribution < 1.29 is 23.9 Å². The fourth-order valence-electron chi connectivity index (χ4n) is 2.68. The molecule has 0 saturated carbocycles. The number of nitrogens with zero attached hydrogens (tertiary/aromatic N) is 1. The first-order valence-corrected chi connectivity index (χ1v) is 7.06. The van der Waals surface area contributed by atoms with Crippen LogP contribution >= 0.6 is 0 Å². The van der Waals surface area contributed by atoms with Crippen LogP contribution in [-0.4, -0.2) is 46.4 Å². The van der Waals surface area contributed by atoms with Gasteiger partial charge in [-0.25, -0.2) is 9.28 Å². The third kappa shape index (κ3) is 3.69. The number of carbonyl (C=O) groups is 2. The number of amides is 1. The van der Waals surface area contributed by atoms with Crippen LogP contribution in [0.4, 0.5) is 4.79 Å². The summed E-state index contributed by atoms with van der Waals surface area (Å²) in [6, 6.07) is -0.651. The van der Waals surface area contributed by atoms with E-state index < -0.39 is 17.6 Å². The molecule has 1 saturated heterocycles. The summed E-state index contributed by atoms with van der Waals surface area (Å²) in [5.74, 6) is -0.889. The standard InChI is InChI=1S/C14H25NO4/c1-5-6-9-15(13(18)19-14(2,3)4)10-7-8-11(15)12(16)17/h11H,5-10H2,1-4H3/p+1/t11?,15-/m1/s1. The van der Waals surface area contributed by atoms with E-state index in [9.17, 15) is 14.7 Å². The maximum Gasteiger partial charge on any atom is 0.517 e. The van der Waals surface area contributed by atoms with Gasteiger partial charge in [-0.3, -0.25) is 0 Å². The Balaban J connectivity index is 2.98. The normalized spacial score (nSPS) is 27.3. The van der Waals surface area contributed by atoms with Gasteiger partial charge in [0.15, 0.2) is 6.04 Å². The minimum atomic E-state index is -0.889. The molecule has 0 aromatic carbocycles. The van der Waals surface area contributed by atoms with Gasteiger partial charge in [0.2, 0.25) is 0 Å². The Hall–Kier alpha value is -1.10. The Kier molecular flexibility index (Phi) is 4.96. The zero-order valence-electron chi connectivity index (χ0n) is 12.4. The molecule has 1 rings (SSSR count). The summed E-state index contributed by atoms with van der Waals surface area (Å²) in [5, 5.41) is 9.37. The predicted octanol–water partition coefficient (Wildman–Crippen LogP) is 2.79. The van der Waals surface area contributed by atoms with Crippen molar-refractivity contribution in [2.24, 2.45) is 0 Å². The highest BCUT2D eigenvalue weighted by Gasteiger charge is 2.53. The van der Waals surface area contributed by atoms with Gasteiger partial charge in [0.25, 0.3) is 0 Å². The highest BCUT2D eigenvalue weighted by Crippen LogP contribution is 2.31. The van der Waals surface area contributed by atoms with Gasteiger partial charge in [0.05, 0.1) is 13.1 Å². The van der Waals surface area contributed by atoms with Crippen molar-refractivity contribution in [3.63, 3.8) is 0 Å². The smallest absolute Gasteiger partial charge is 0.477 e. The Morgan fingerprint density at radius 1 is 1.37 bits per heavy atom. The molecule has 0 aliphatic carbocycles. The van der Waals surface area contributed by atoms with Crippen LogP contribution in [0.1, 0.15) is 53.4 Å². The van der Waals surface area contributed by atoms with Gasteiger partial charge >= 0.3 is 12.1 Å². The van der Waals surface area contributed by atoms with Crippen LogP contribution in [-0.2, 0) is 9.53 Å². The second kappa shape index (κ2) is 5.90. The van der Waals surface area contributed by atoms with E-state index in [0.717, 1.165) is 19.3 Å². The molecule has 110 valence electrons. The number of ether oxygens (including phenoxy) is 1. The molecule has 1 heterocycles. The van der Waals surface area contributed by atoms with E-state index in [0.29, 0.717) is 19.5 Å². The monoisotopic (exact) mass is 272 g/mol. The molecule has 0 spiro atoms. The van der Waals surface area contributed by atoms with E-state index in [2.05, 4.69) is 0 Å². The molecule has 0 radical (unpaired) electrons. The lowest BCUT2D eigenvalue weighted by molar-refractivity contribution is -0.862. The molecule has 1 aliphatic heterocycles. The quantitative estimate of drug-likeness (QED) is 0.799. The molecule has 5 nitrogen and oxygen atoms in total. The van der Waals surface area contributed by atoms with Gasteiger partial charge in [-0.15, -0.1) is 0 Å². The van der Waals surface area contributed by atoms with Gasteiger partial charge in [0, 0.05) is 12.8 Å². The number of rotatable bonds is 4. The van der Waals surface area contributed by atoms with Crippen molar-refractivity contribution in [3.8, 4) is 0 Å². The minimum Gasteiger partial charge on any atom is -0.477 e. The number of carboxylic acid groups (broad SMARTS) is 1. The molecule has 1 amide bonds. The van der Waals surface area contributed by atoms with Crippen molar-refractivity contribution >= 4 is 12.1 Å². The summed E-state index contributed by atoms with van der Waals surface area (Å²) in [7, 11) is 0. The highest BCUT2D eigenvalue weighted by atomic mass is 16.6. The number of quaternary nitrogens is 1. The van der Waals surface area contributed by atoms with Crippen LogP contribution in [0.2, 0.25) is 0 Å². The second-order valence-electron chi connectivity index (χ2n) is 6.31. The molecule has 0 aromatic rings. The first-order chi connectivity index (χ1) is 8.73. The summed E-state index contributed by atoms with van der Waals surface area (Å²) in [5.41, 5.74) is -0.583. The van der Waals surface area contributed by atoms with Crippen molar-refractivity contribution in [2.75, 3.05) is 13.1 Å². The van der Waals surface area contributed by atoms with Crippen LogP contribution < -0.4 is 0 Å². The third-order valence-electron chi connectivity index (χ3n) is 3.58. The van der Waals surface area contributed by atoms with Crippen LogP contribution in [0.15, 0.2) is 0 Å². The molecule has 19 heavy (non-hydrogen) atoms. The summed E-state index contributed by atoms with van der Waals surface area (Å²) in [4.78, 5) is 23.9. The lowest BCUT2D eigenvalue weighted by Crippen LogP contribution is -2.60. The minimum absolute atomic E-state index is 0.0412. The van der Waals surface area contributed by atoms with Crippen LogP contribution in [0.5, 0.6) is 0 Å². The molecule has 5 heteroatoms. The average molecular weight is 272 g/mol. The van der Waals surface area contributed by atoms with E-state index in [1.165, 1.54) is 0 Å². The van der Waals surface area contributed by atoms with E-state index in [4.69, 9.17) is 4.74 Å². The zero-order chi connectivity index (χ0) is 14.7. The SMILES string of the molecule is CCCC[N@@+]1(C(=O)OC(C)(C)C)CCCC1C(=O)O. The molecule has 2 atom stereocenters. The maximum absolute atomic E-state index is 12.5. The lowest BCUT2D eigenvalue weighted by Gasteiger charge is -2.36. The number of hydrogen-bond acceptors (Lipinski definition) is 3. The Labute approximate surface area is 115 Å². The third-order valence-corrected chi connectivity index (χ3v) is 3.58. The summed E-state index contributed by atoms with van der Waals surface area (Å²) >= 11 is 0. The lowest BCUT2D eigenvalue weighted by atomic mass is 10.1. The number of carbonyl (C=O) groups excluding carboxylic acids is 1. The Morgan fingerprint density at radius 3 is 2.47 bits per heavy atom. The summed E-state index contributed by atoms with van der Waals surface area (Å²) < 4.78 is 5.43. The molecule has 1 unspecified atom stereocenters. The van der Waals surface area contributed by atoms with Crippen molar-refractivity contribution in [1.29, 1.82) is 0 Å². The largest absolute Gasteiger partial charge is 0.517 e. The maximum atomic E-state index is 12.5. The molecular formula is C14H26NO4+. The van der Waals surface area contributed by atoms with Gasteiger partial charge in [-0.1, -0.05) is 13.3 Å². The Bertz CT molecular complexity index is 348. The summed E-state index contributed by atoms with van der Waals surface area (Å²) in [6.45, 7) is 8.61. The topological polar surface area (TPSA) is 63.6 Å². The molecule has 1 N–H and O–H groups in total. The molecule has 0 bridgehead atoms. The molecule has 1 fully saturated rings.